The molecule has 2 unspecified atom stereocenters. The fourth-order valence-corrected chi connectivity index (χ4v) is 3.66. The molecule has 3 rings (SSSR count). The number of nitrogens with zero attached hydrogens (tertiary/aromatic N) is 3. The van der Waals surface area contributed by atoms with Crippen LogP contribution in [0.4, 0.5) is 0 Å². The van der Waals surface area contributed by atoms with Crippen LogP contribution < -0.4 is 11.1 Å². The molecule has 126 valence electrons. The lowest BCUT2D eigenvalue weighted by molar-refractivity contribution is 0.0903. The van der Waals surface area contributed by atoms with E-state index in [0.29, 0.717) is 24.7 Å². The number of aromatic nitrogens is 3. The third kappa shape index (κ3) is 4.53. The Kier molecular flexibility index (Phi) is 6.56. The van der Waals surface area contributed by atoms with E-state index in [1.165, 1.54) is 11.3 Å². The number of hydrogen-bond donors (Lipinski definition) is 2. The van der Waals surface area contributed by atoms with Gasteiger partial charge in [-0.1, -0.05) is 24.1 Å². The Labute approximate surface area is 145 Å². The van der Waals surface area contributed by atoms with Crippen molar-refractivity contribution in [1.82, 2.24) is 20.3 Å². The highest BCUT2D eigenvalue weighted by atomic mass is 35.5. The monoisotopic (exact) mass is 355 g/mol. The van der Waals surface area contributed by atoms with Crippen molar-refractivity contribution < 1.29 is 4.79 Å². The van der Waals surface area contributed by atoms with Gasteiger partial charge < -0.3 is 11.1 Å². The van der Waals surface area contributed by atoms with Gasteiger partial charge in [-0.2, -0.15) is 0 Å². The van der Waals surface area contributed by atoms with E-state index in [1.807, 2.05) is 17.5 Å². The summed E-state index contributed by atoms with van der Waals surface area (Å²) in [4.78, 5) is 13.5. The molecule has 0 aromatic carbocycles. The SMILES string of the molecule is Cl.NCC1CCCCC1NC(=O)c1cn(Cc2cccs2)nn1. The minimum Gasteiger partial charge on any atom is -0.348 e. The van der Waals surface area contributed by atoms with Gasteiger partial charge in [0, 0.05) is 10.9 Å². The van der Waals surface area contributed by atoms with Crippen LogP contribution in [-0.4, -0.2) is 33.5 Å². The molecular weight excluding hydrogens is 334 g/mol. The first-order chi connectivity index (χ1) is 10.8. The van der Waals surface area contributed by atoms with Gasteiger partial charge >= 0.3 is 0 Å². The molecule has 6 nitrogen and oxygen atoms in total. The Morgan fingerprint density at radius 1 is 1.43 bits per heavy atom. The molecule has 8 heteroatoms. The number of nitrogens with one attached hydrogen (secondary N) is 1. The summed E-state index contributed by atoms with van der Waals surface area (Å²) in [6.07, 6.45) is 6.14. The van der Waals surface area contributed by atoms with Crippen LogP contribution in [0.5, 0.6) is 0 Å². The maximum absolute atomic E-state index is 12.3. The number of carbonyl (C=O) groups excluding carboxylic acids is 1. The van der Waals surface area contributed by atoms with Gasteiger partial charge in [0.15, 0.2) is 5.69 Å². The van der Waals surface area contributed by atoms with Crippen LogP contribution in [0.25, 0.3) is 0 Å². The first-order valence-electron chi connectivity index (χ1n) is 7.69. The van der Waals surface area contributed by atoms with Crippen LogP contribution in [0.2, 0.25) is 0 Å². The van der Waals surface area contributed by atoms with Gasteiger partial charge in [0.2, 0.25) is 0 Å². The third-order valence-corrected chi connectivity index (χ3v) is 5.06. The van der Waals surface area contributed by atoms with E-state index >= 15 is 0 Å². The van der Waals surface area contributed by atoms with Crippen LogP contribution >= 0.6 is 23.7 Å². The van der Waals surface area contributed by atoms with E-state index in [2.05, 4.69) is 15.6 Å². The summed E-state index contributed by atoms with van der Waals surface area (Å²) in [7, 11) is 0. The molecule has 1 aliphatic rings. The topological polar surface area (TPSA) is 85.8 Å². The van der Waals surface area contributed by atoms with Crippen LogP contribution in [0, 0.1) is 5.92 Å². The normalized spacial score (nSPS) is 20.7. The average molecular weight is 356 g/mol. The van der Waals surface area contributed by atoms with Crippen molar-refractivity contribution in [3.05, 3.63) is 34.3 Å². The number of rotatable bonds is 5. The molecule has 0 spiro atoms. The van der Waals surface area contributed by atoms with Crippen LogP contribution in [0.15, 0.2) is 23.7 Å². The van der Waals surface area contributed by atoms with Crippen molar-refractivity contribution in [3.8, 4) is 0 Å². The molecule has 1 amide bonds. The first kappa shape index (κ1) is 17.9. The zero-order chi connectivity index (χ0) is 15.4. The Hall–Kier alpha value is -1.44. The predicted molar refractivity (Wildman–Crippen MR) is 93.0 cm³/mol. The average Bonchev–Trinajstić information content (AvgIpc) is 3.20. The first-order valence-corrected chi connectivity index (χ1v) is 8.57. The fraction of sp³-hybridized carbons (Fsp3) is 0.533. The number of halogens is 1. The molecule has 3 N–H and O–H groups in total. The van der Waals surface area contributed by atoms with Crippen molar-refractivity contribution in [2.75, 3.05) is 6.54 Å². The molecule has 2 heterocycles. The zero-order valence-electron chi connectivity index (χ0n) is 12.9. The number of thiophene rings is 1. The van der Waals surface area contributed by atoms with Crippen LogP contribution in [-0.2, 0) is 6.54 Å². The van der Waals surface area contributed by atoms with Crippen molar-refractivity contribution >= 4 is 29.7 Å². The van der Waals surface area contributed by atoms with E-state index in [4.69, 9.17) is 5.73 Å². The van der Waals surface area contributed by atoms with Crippen molar-refractivity contribution in [1.29, 1.82) is 0 Å². The highest BCUT2D eigenvalue weighted by Gasteiger charge is 2.26. The lowest BCUT2D eigenvalue weighted by atomic mass is 9.84. The second-order valence-electron chi connectivity index (χ2n) is 5.74. The Morgan fingerprint density at radius 2 is 2.26 bits per heavy atom. The minimum atomic E-state index is -0.150. The predicted octanol–water partition coefficient (Wildman–Crippen LogP) is 2.06. The van der Waals surface area contributed by atoms with Gasteiger partial charge in [-0.25, -0.2) is 4.68 Å². The molecule has 1 fully saturated rings. The Morgan fingerprint density at radius 3 is 3.00 bits per heavy atom. The van der Waals surface area contributed by atoms with Crippen molar-refractivity contribution in [3.63, 3.8) is 0 Å². The fourth-order valence-electron chi connectivity index (χ4n) is 2.96. The quantitative estimate of drug-likeness (QED) is 0.859. The lowest BCUT2D eigenvalue weighted by Gasteiger charge is -2.30. The molecule has 23 heavy (non-hydrogen) atoms. The van der Waals surface area contributed by atoms with Crippen molar-refractivity contribution in [2.24, 2.45) is 11.7 Å². The van der Waals surface area contributed by atoms with Crippen LogP contribution in [0.3, 0.4) is 0 Å². The molecule has 2 aromatic heterocycles. The second kappa shape index (κ2) is 8.42. The molecule has 1 saturated carbocycles. The largest absolute Gasteiger partial charge is 0.348 e. The van der Waals surface area contributed by atoms with E-state index in [-0.39, 0.29) is 24.4 Å². The second-order valence-corrected chi connectivity index (χ2v) is 6.77. The number of hydrogen-bond acceptors (Lipinski definition) is 5. The van der Waals surface area contributed by atoms with E-state index < -0.39 is 0 Å². The molecule has 0 aliphatic heterocycles. The van der Waals surface area contributed by atoms with E-state index in [9.17, 15) is 4.79 Å². The molecule has 0 bridgehead atoms. The summed E-state index contributed by atoms with van der Waals surface area (Å²) in [5.41, 5.74) is 6.18. The summed E-state index contributed by atoms with van der Waals surface area (Å²) in [5.74, 6) is 0.224. The summed E-state index contributed by atoms with van der Waals surface area (Å²) >= 11 is 1.66. The molecular formula is C15H22ClN5OS. The zero-order valence-corrected chi connectivity index (χ0v) is 14.5. The summed E-state index contributed by atoms with van der Waals surface area (Å²) in [5, 5.41) is 13.1. The van der Waals surface area contributed by atoms with Gasteiger partial charge in [0.05, 0.1) is 12.7 Å². The van der Waals surface area contributed by atoms with Gasteiger partial charge in [-0.05, 0) is 36.8 Å². The molecule has 1 aliphatic carbocycles. The summed E-state index contributed by atoms with van der Waals surface area (Å²) in [6.45, 7) is 1.27. The summed E-state index contributed by atoms with van der Waals surface area (Å²) < 4.78 is 1.70. The molecule has 0 saturated heterocycles. The minimum absolute atomic E-state index is 0. The standard InChI is InChI=1S/C15H21N5OS.ClH/c16-8-11-4-1-2-6-13(11)17-15(21)14-10-20(19-18-14)9-12-5-3-7-22-12;/h3,5,7,10-11,13H,1-2,4,6,8-9,16H2,(H,17,21);1H. The molecule has 2 aromatic rings. The molecule has 2 atom stereocenters. The third-order valence-electron chi connectivity index (χ3n) is 4.20. The lowest BCUT2D eigenvalue weighted by Crippen LogP contribution is -2.44. The van der Waals surface area contributed by atoms with Crippen molar-refractivity contribution in [2.45, 2.75) is 38.3 Å². The molecule has 0 radical (unpaired) electrons. The van der Waals surface area contributed by atoms with E-state index in [0.717, 1.165) is 19.3 Å². The highest BCUT2D eigenvalue weighted by Crippen LogP contribution is 2.23. The summed E-state index contributed by atoms with van der Waals surface area (Å²) in [6, 6.07) is 4.20. The van der Waals surface area contributed by atoms with Gasteiger partial charge in [-0.3, -0.25) is 4.79 Å². The van der Waals surface area contributed by atoms with E-state index in [1.54, 1.807) is 22.2 Å². The number of nitrogens with two attached hydrogens (primary N) is 1. The Balaban J connectivity index is 0.00000192. The Bertz CT molecular complexity index is 615. The van der Waals surface area contributed by atoms with Crippen LogP contribution in [0.1, 0.15) is 41.0 Å². The highest BCUT2D eigenvalue weighted by molar-refractivity contribution is 7.09. The number of carbonyl (C=O) groups is 1. The smallest absolute Gasteiger partial charge is 0.273 e. The maximum Gasteiger partial charge on any atom is 0.273 e. The van der Waals surface area contributed by atoms with Gasteiger partial charge in [0.25, 0.3) is 5.91 Å². The maximum atomic E-state index is 12.3. The number of amides is 1. The van der Waals surface area contributed by atoms with Gasteiger partial charge in [0.1, 0.15) is 0 Å². The van der Waals surface area contributed by atoms with Gasteiger partial charge in [-0.15, -0.1) is 28.8 Å².